The van der Waals surface area contributed by atoms with Gasteiger partial charge in [0.1, 0.15) is 6.04 Å². The van der Waals surface area contributed by atoms with E-state index in [-0.39, 0.29) is 0 Å². The standard InChI is InChI=1S/C15H23NO4/c1-4-8-20-13-7-6-11(9-14(13)19-3)10-16-12(5-2)15(17)18/h6-7,9,12,16H,4-5,8,10H2,1-3H3,(H,17,18). The molecule has 5 heteroatoms. The predicted molar refractivity (Wildman–Crippen MR) is 77.3 cm³/mol. The van der Waals surface area contributed by atoms with Gasteiger partial charge in [-0.25, -0.2) is 0 Å². The second kappa shape index (κ2) is 8.43. The summed E-state index contributed by atoms with van der Waals surface area (Å²) in [5.74, 6) is 0.548. The van der Waals surface area contributed by atoms with E-state index in [9.17, 15) is 4.79 Å². The summed E-state index contributed by atoms with van der Waals surface area (Å²) in [7, 11) is 1.59. The first-order valence-corrected chi connectivity index (χ1v) is 6.88. The molecule has 0 saturated heterocycles. The number of hydrogen-bond acceptors (Lipinski definition) is 4. The number of carbonyl (C=O) groups is 1. The summed E-state index contributed by atoms with van der Waals surface area (Å²) in [6.07, 6.45) is 1.48. The van der Waals surface area contributed by atoms with Crippen LogP contribution in [-0.2, 0) is 11.3 Å². The molecule has 0 saturated carbocycles. The zero-order chi connectivity index (χ0) is 15.0. The van der Waals surface area contributed by atoms with Crippen molar-refractivity contribution in [1.82, 2.24) is 5.32 Å². The number of nitrogens with one attached hydrogen (secondary N) is 1. The van der Waals surface area contributed by atoms with Gasteiger partial charge in [0.2, 0.25) is 0 Å². The van der Waals surface area contributed by atoms with Crippen LogP contribution in [0.4, 0.5) is 0 Å². The molecule has 0 aliphatic carbocycles. The molecule has 0 aliphatic rings. The third-order valence-electron chi connectivity index (χ3n) is 2.95. The summed E-state index contributed by atoms with van der Waals surface area (Å²) in [6.45, 7) is 5.01. The maximum atomic E-state index is 10.9. The molecule has 0 aliphatic heterocycles. The van der Waals surface area contributed by atoms with Gasteiger partial charge in [-0.1, -0.05) is 19.9 Å². The van der Waals surface area contributed by atoms with E-state index in [1.165, 1.54) is 0 Å². The second-order valence-corrected chi connectivity index (χ2v) is 4.51. The van der Waals surface area contributed by atoms with Crippen molar-refractivity contribution < 1.29 is 19.4 Å². The van der Waals surface area contributed by atoms with Gasteiger partial charge in [0.25, 0.3) is 0 Å². The van der Waals surface area contributed by atoms with Crippen LogP contribution in [-0.4, -0.2) is 30.8 Å². The van der Waals surface area contributed by atoms with Gasteiger partial charge in [-0.3, -0.25) is 4.79 Å². The highest BCUT2D eigenvalue weighted by Gasteiger charge is 2.14. The molecule has 2 N–H and O–H groups in total. The quantitative estimate of drug-likeness (QED) is 0.727. The SMILES string of the molecule is CCCOc1ccc(CNC(CC)C(=O)O)cc1OC. The maximum Gasteiger partial charge on any atom is 0.320 e. The molecule has 0 spiro atoms. The van der Waals surface area contributed by atoms with E-state index in [2.05, 4.69) is 5.32 Å². The summed E-state index contributed by atoms with van der Waals surface area (Å²) in [5.41, 5.74) is 0.963. The fourth-order valence-electron chi connectivity index (χ4n) is 1.80. The van der Waals surface area contributed by atoms with Crippen molar-refractivity contribution in [1.29, 1.82) is 0 Å². The lowest BCUT2D eigenvalue weighted by atomic mass is 10.1. The molecule has 0 heterocycles. The van der Waals surface area contributed by atoms with E-state index in [4.69, 9.17) is 14.6 Å². The van der Waals surface area contributed by atoms with Gasteiger partial charge in [-0.05, 0) is 30.5 Å². The number of ether oxygens (including phenoxy) is 2. The lowest BCUT2D eigenvalue weighted by molar-refractivity contribution is -0.139. The predicted octanol–water partition coefficient (Wildman–Crippen LogP) is 2.44. The number of rotatable bonds is 9. The monoisotopic (exact) mass is 281 g/mol. The van der Waals surface area contributed by atoms with Crippen LogP contribution in [0.5, 0.6) is 11.5 Å². The fourth-order valence-corrected chi connectivity index (χ4v) is 1.80. The topological polar surface area (TPSA) is 67.8 Å². The zero-order valence-corrected chi connectivity index (χ0v) is 12.3. The van der Waals surface area contributed by atoms with Gasteiger partial charge in [0.15, 0.2) is 11.5 Å². The van der Waals surface area contributed by atoms with E-state index >= 15 is 0 Å². The largest absolute Gasteiger partial charge is 0.493 e. The molecule has 0 bridgehead atoms. The molecular weight excluding hydrogens is 258 g/mol. The Bertz CT molecular complexity index is 434. The van der Waals surface area contributed by atoms with Gasteiger partial charge < -0.3 is 19.9 Å². The molecule has 0 amide bonds. The maximum absolute atomic E-state index is 10.9. The minimum Gasteiger partial charge on any atom is -0.493 e. The smallest absolute Gasteiger partial charge is 0.320 e. The third-order valence-corrected chi connectivity index (χ3v) is 2.95. The van der Waals surface area contributed by atoms with E-state index < -0.39 is 12.0 Å². The first kappa shape index (κ1) is 16.3. The molecule has 112 valence electrons. The van der Waals surface area contributed by atoms with Crippen LogP contribution >= 0.6 is 0 Å². The van der Waals surface area contributed by atoms with Gasteiger partial charge >= 0.3 is 5.97 Å². The van der Waals surface area contributed by atoms with Crippen LogP contribution in [0, 0.1) is 0 Å². The van der Waals surface area contributed by atoms with Crippen LogP contribution in [0.1, 0.15) is 32.3 Å². The number of carboxylic acids is 1. The zero-order valence-electron chi connectivity index (χ0n) is 12.3. The Labute approximate surface area is 119 Å². The normalized spacial score (nSPS) is 11.9. The van der Waals surface area contributed by atoms with Crippen molar-refractivity contribution in [2.75, 3.05) is 13.7 Å². The van der Waals surface area contributed by atoms with Crippen LogP contribution in [0.2, 0.25) is 0 Å². The van der Waals surface area contributed by atoms with Crippen LogP contribution in [0.3, 0.4) is 0 Å². The Morgan fingerprint density at radius 2 is 2.10 bits per heavy atom. The van der Waals surface area contributed by atoms with Crippen molar-refractivity contribution in [3.05, 3.63) is 23.8 Å². The average Bonchev–Trinajstić information content (AvgIpc) is 2.45. The summed E-state index contributed by atoms with van der Waals surface area (Å²) < 4.78 is 10.9. The van der Waals surface area contributed by atoms with Crippen molar-refractivity contribution >= 4 is 5.97 Å². The minimum absolute atomic E-state index is 0.481. The van der Waals surface area contributed by atoms with E-state index in [1.54, 1.807) is 7.11 Å². The first-order chi connectivity index (χ1) is 9.62. The van der Waals surface area contributed by atoms with Crippen LogP contribution < -0.4 is 14.8 Å². The van der Waals surface area contributed by atoms with Crippen molar-refractivity contribution in [3.63, 3.8) is 0 Å². The second-order valence-electron chi connectivity index (χ2n) is 4.51. The summed E-state index contributed by atoms with van der Waals surface area (Å²) in [4.78, 5) is 10.9. The molecule has 0 aromatic heterocycles. The van der Waals surface area contributed by atoms with Crippen LogP contribution in [0.15, 0.2) is 18.2 Å². The summed E-state index contributed by atoms with van der Waals surface area (Å²) >= 11 is 0. The number of hydrogen-bond donors (Lipinski definition) is 2. The van der Waals surface area contributed by atoms with Gasteiger partial charge in [0.05, 0.1) is 13.7 Å². The van der Waals surface area contributed by atoms with E-state index in [0.29, 0.717) is 31.1 Å². The Kier molecular flexibility index (Phi) is 6.87. The molecule has 5 nitrogen and oxygen atoms in total. The summed E-state index contributed by atoms with van der Waals surface area (Å²) in [5, 5.41) is 12.0. The van der Waals surface area contributed by atoms with E-state index in [1.807, 2.05) is 32.0 Å². The molecule has 1 rings (SSSR count). The third kappa shape index (κ3) is 4.74. The highest BCUT2D eigenvalue weighted by molar-refractivity contribution is 5.73. The Hall–Kier alpha value is -1.75. The average molecular weight is 281 g/mol. The first-order valence-electron chi connectivity index (χ1n) is 6.88. The molecular formula is C15H23NO4. The molecule has 1 atom stereocenters. The lowest BCUT2D eigenvalue weighted by Crippen LogP contribution is -2.35. The van der Waals surface area contributed by atoms with Crippen LogP contribution in [0.25, 0.3) is 0 Å². The molecule has 0 fully saturated rings. The molecule has 1 unspecified atom stereocenters. The van der Waals surface area contributed by atoms with Crippen molar-refractivity contribution in [3.8, 4) is 11.5 Å². The van der Waals surface area contributed by atoms with Crippen molar-refractivity contribution in [2.45, 2.75) is 39.3 Å². The highest BCUT2D eigenvalue weighted by Crippen LogP contribution is 2.28. The molecule has 1 aromatic carbocycles. The van der Waals surface area contributed by atoms with Gasteiger partial charge in [0, 0.05) is 6.54 Å². The van der Waals surface area contributed by atoms with Crippen molar-refractivity contribution in [2.24, 2.45) is 0 Å². The van der Waals surface area contributed by atoms with Gasteiger partial charge in [-0.2, -0.15) is 0 Å². The Morgan fingerprint density at radius 1 is 1.35 bits per heavy atom. The minimum atomic E-state index is -0.831. The number of carboxylic acid groups (broad SMARTS) is 1. The molecule has 20 heavy (non-hydrogen) atoms. The Balaban J connectivity index is 2.69. The lowest BCUT2D eigenvalue weighted by Gasteiger charge is -2.14. The summed E-state index contributed by atoms with van der Waals surface area (Å²) in [6, 6.07) is 5.10. The highest BCUT2D eigenvalue weighted by atomic mass is 16.5. The number of methoxy groups -OCH3 is 1. The van der Waals surface area contributed by atoms with E-state index in [0.717, 1.165) is 12.0 Å². The number of benzene rings is 1. The molecule has 1 aromatic rings. The fraction of sp³-hybridized carbons (Fsp3) is 0.533. The number of aliphatic carboxylic acids is 1. The van der Waals surface area contributed by atoms with Gasteiger partial charge in [-0.15, -0.1) is 0 Å². The molecule has 0 radical (unpaired) electrons. The Morgan fingerprint density at radius 3 is 2.65 bits per heavy atom.